The standard InChI is InChI=1S/C11H20N2S/c1-3-7-12-8-5-4-6-11-10(2)13-9-14-11/h9,12H,3-8H2,1-2H3. The second-order valence-electron chi connectivity index (χ2n) is 3.57. The third-order valence-corrected chi connectivity index (χ3v) is 3.27. The Labute approximate surface area is 90.8 Å². The number of hydrogen-bond acceptors (Lipinski definition) is 3. The van der Waals surface area contributed by atoms with Crippen molar-refractivity contribution >= 4 is 11.3 Å². The van der Waals surface area contributed by atoms with Crippen LogP contribution < -0.4 is 5.32 Å². The van der Waals surface area contributed by atoms with E-state index in [2.05, 4.69) is 24.1 Å². The lowest BCUT2D eigenvalue weighted by atomic mass is 10.2. The first-order chi connectivity index (χ1) is 6.84. The maximum Gasteiger partial charge on any atom is 0.0797 e. The molecule has 0 saturated carbocycles. The number of aryl methyl sites for hydroxylation is 2. The monoisotopic (exact) mass is 212 g/mol. The van der Waals surface area contributed by atoms with Crippen molar-refractivity contribution in [3.8, 4) is 0 Å². The highest BCUT2D eigenvalue weighted by Gasteiger charge is 1.99. The average Bonchev–Trinajstić information content (AvgIpc) is 2.58. The molecule has 1 aromatic rings. The van der Waals surface area contributed by atoms with Gasteiger partial charge >= 0.3 is 0 Å². The number of unbranched alkanes of at least 4 members (excludes halogenated alkanes) is 1. The zero-order valence-corrected chi connectivity index (χ0v) is 9.99. The van der Waals surface area contributed by atoms with Gasteiger partial charge in [-0.05, 0) is 45.7 Å². The summed E-state index contributed by atoms with van der Waals surface area (Å²) in [5.41, 5.74) is 3.16. The van der Waals surface area contributed by atoms with Crippen molar-refractivity contribution in [1.29, 1.82) is 0 Å². The Morgan fingerprint density at radius 1 is 1.36 bits per heavy atom. The van der Waals surface area contributed by atoms with Crippen molar-refractivity contribution in [3.63, 3.8) is 0 Å². The van der Waals surface area contributed by atoms with E-state index in [0.717, 1.165) is 13.1 Å². The van der Waals surface area contributed by atoms with E-state index in [4.69, 9.17) is 0 Å². The minimum atomic E-state index is 1.15. The summed E-state index contributed by atoms with van der Waals surface area (Å²) in [7, 11) is 0. The van der Waals surface area contributed by atoms with Gasteiger partial charge < -0.3 is 5.32 Å². The van der Waals surface area contributed by atoms with Crippen molar-refractivity contribution in [3.05, 3.63) is 16.1 Å². The van der Waals surface area contributed by atoms with E-state index in [0.29, 0.717) is 0 Å². The van der Waals surface area contributed by atoms with E-state index in [9.17, 15) is 0 Å². The molecule has 1 aromatic heterocycles. The molecule has 0 bridgehead atoms. The van der Waals surface area contributed by atoms with Crippen LogP contribution in [0.2, 0.25) is 0 Å². The second-order valence-corrected chi connectivity index (χ2v) is 4.51. The molecule has 80 valence electrons. The Hall–Kier alpha value is -0.410. The molecule has 0 fully saturated rings. The number of thiazole rings is 1. The van der Waals surface area contributed by atoms with Crippen molar-refractivity contribution in [2.24, 2.45) is 0 Å². The molecule has 3 heteroatoms. The summed E-state index contributed by atoms with van der Waals surface area (Å²) in [6, 6.07) is 0. The first-order valence-electron chi connectivity index (χ1n) is 5.44. The molecule has 2 nitrogen and oxygen atoms in total. The summed E-state index contributed by atoms with van der Waals surface area (Å²) >= 11 is 1.79. The normalized spacial score (nSPS) is 10.7. The molecule has 0 spiro atoms. The predicted octanol–water partition coefficient (Wildman–Crippen LogP) is 2.77. The average molecular weight is 212 g/mol. The summed E-state index contributed by atoms with van der Waals surface area (Å²) in [5, 5.41) is 3.42. The minimum Gasteiger partial charge on any atom is -0.317 e. The van der Waals surface area contributed by atoms with Gasteiger partial charge in [0, 0.05) is 4.88 Å². The first kappa shape index (κ1) is 11.7. The van der Waals surface area contributed by atoms with Crippen LogP contribution >= 0.6 is 11.3 Å². The minimum absolute atomic E-state index is 1.15. The van der Waals surface area contributed by atoms with Gasteiger partial charge in [-0.3, -0.25) is 0 Å². The number of nitrogens with one attached hydrogen (secondary N) is 1. The van der Waals surface area contributed by atoms with Crippen LogP contribution in [0, 0.1) is 6.92 Å². The Balaban J connectivity index is 2.02. The molecular weight excluding hydrogens is 192 g/mol. The summed E-state index contributed by atoms with van der Waals surface area (Å²) in [6.45, 7) is 6.61. The fourth-order valence-corrected chi connectivity index (χ4v) is 2.23. The zero-order valence-electron chi connectivity index (χ0n) is 9.18. The van der Waals surface area contributed by atoms with Crippen molar-refractivity contribution in [1.82, 2.24) is 10.3 Å². The Morgan fingerprint density at radius 2 is 2.21 bits per heavy atom. The number of hydrogen-bond donors (Lipinski definition) is 1. The van der Waals surface area contributed by atoms with Crippen molar-refractivity contribution < 1.29 is 0 Å². The van der Waals surface area contributed by atoms with Crippen molar-refractivity contribution in [2.45, 2.75) is 39.5 Å². The van der Waals surface area contributed by atoms with Gasteiger partial charge in [0.2, 0.25) is 0 Å². The maximum absolute atomic E-state index is 4.25. The van der Waals surface area contributed by atoms with E-state index in [1.54, 1.807) is 11.3 Å². The van der Waals surface area contributed by atoms with Crippen LogP contribution in [0.25, 0.3) is 0 Å². The molecule has 1 heterocycles. The lowest BCUT2D eigenvalue weighted by Crippen LogP contribution is -2.15. The molecule has 0 aliphatic heterocycles. The molecule has 1 N–H and O–H groups in total. The largest absolute Gasteiger partial charge is 0.317 e. The van der Waals surface area contributed by atoms with Gasteiger partial charge in [-0.15, -0.1) is 11.3 Å². The molecule has 0 aromatic carbocycles. The quantitative estimate of drug-likeness (QED) is 0.703. The molecule has 0 unspecified atom stereocenters. The van der Waals surface area contributed by atoms with E-state index >= 15 is 0 Å². The fourth-order valence-electron chi connectivity index (χ4n) is 1.40. The maximum atomic E-state index is 4.25. The van der Waals surface area contributed by atoms with E-state index in [-0.39, 0.29) is 0 Å². The van der Waals surface area contributed by atoms with Gasteiger partial charge in [0.1, 0.15) is 0 Å². The lowest BCUT2D eigenvalue weighted by Gasteiger charge is -2.02. The SMILES string of the molecule is CCCNCCCCc1scnc1C. The van der Waals surface area contributed by atoms with E-state index in [1.807, 2.05) is 5.51 Å². The molecule has 0 saturated heterocycles. The highest BCUT2D eigenvalue weighted by atomic mass is 32.1. The summed E-state index contributed by atoms with van der Waals surface area (Å²) in [5.74, 6) is 0. The topological polar surface area (TPSA) is 24.9 Å². The molecule has 14 heavy (non-hydrogen) atoms. The molecule has 0 aliphatic carbocycles. The third-order valence-electron chi connectivity index (χ3n) is 2.28. The molecule has 0 amide bonds. The van der Waals surface area contributed by atoms with Crippen LogP contribution in [0.15, 0.2) is 5.51 Å². The highest BCUT2D eigenvalue weighted by molar-refractivity contribution is 7.09. The van der Waals surface area contributed by atoms with E-state index < -0.39 is 0 Å². The molecule has 0 aliphatic rings. The second kappa shape index (κ2) is 6.96. The molecule has 0 atom stereocenters. The number of nitrogens with zero attached hydrogens (tertiary/aromatic N) is 1. The molecule has 0 radical (unpaired) electrons. The van der Waals surface area contributed by atoms with Crippen LogP contribution in [-0.2, 0) is 6.42 Å². The van der Waals surface area contributed by atoms with Crippen LogP contribution in [0.3, 0.4) is 0 Å². The van der Waals surface area contributed by atoms with Gasteiger partial charge in [-0.1, -0.05) is 6.92 Å². The number of rotatable bonds is 7. The zero-order chi connectivity index (χ0) is 10.2. The van der Waals surface area contributed by atoms with Crippen LogP contribution in [-0.4, -0.2) is 18.1 Å². The van der Waals surface area contributed by atoms with Crippen LogP contribution in [0.4, 0.5) is 0 Å². The van der Waals surface area contributed by atoms with Crippen LogP contribution in [0.5, 0.6) is 0 Å². The Morgan fingerprint density at radius 3 is 2.86 bits per heavy atom. The smallest absolute Gasteiger partial charge is 0.0797 e. The third kappa shape index (κ3) is 4.20. The lowest BCUT2D eigenvalue weighted by molar-refractivity contribution is 0.617. The Kier molecular flexibility index (Phi) is 5.80. The molecule has 1 rings (SSSR count). The van der Waals surface area contributed by atoms with E-state index in [1.165, 1.54) is 36.3 Å². The Bertz CT molecular complexity index is 245. The molecular formula is C11H20N2S. The van der Waals surface area contributed by atoms with Gasteiger partial charge in [0.05, 0.1) is 11.2 Å². The van der Waals surface area contributed by atoms with Gasteiger partial charge in [-0.25, -0.2) is 4.98 Å². The van der Waals surface area contributed by atoms with Gasteiger partial charge in [0.25, 0.3) is 0 Å². The summed E-state index contributed by atoms with van der Waals surface area (Å²) in [4.78, 5) is 5.71. The highest BCUT2D eigenvalue weighted by Crippen LogP contribution is 2.14. The van der Waals surface area contributed by atoms with Gasteiger partial charge in [-0.2, -0.15) is 0 Å². The first-order valence-corrected chi connectivity index (χ1v) is 6.32. The fraction of sp³-hybridized carbons (Fsp3) is 0.727. The van der Waals surface area contributed by atoms with Gasteiger partial charge in [0.15, 0.2) is 0 Å². The summed E-state index contributed by atoms with van der Waals surface area (Å²) < 4.78 is 0. The summed E-state index contributed by atoms with van der Waals surface area (Å²) in [6.07, 6.45) is 4.98. The van der Waals surface area contributed by atoms with Crippen molar-refractivity contribution in [2.75, 3.05) is 13.1 Å². The van der Waals surface area contributed by atoms with Crippen LogP contribution in [0.1, 0.15) is 36.8 Å². The predicted molar refractivity (Wildman–Crippen MR) is 62.9 cm³/mol. The number of aromatic nitrogens is 1.